The second kappa shape index (κ2) is 9.87. The van der Waals surface area contributed by atoms with Crippen LogP contribution in [0.2, 0.25) is 0 Å². The summed E-state index contributed by atoms with van der Waals surface area (Å²) >= 11 is 1.33. The van der Waals surface area contributed by atoms with Gasteiger partial charge in [-0.2, -0.15) is 0 Å². The highest BCUT2D eigenvalue weighted by Crippen LogP contribution is 2.23. The molecule has 4 aromatic rings. The molecule has 7 nitrogen and oxygen atoms in total. The summed E-state index contributed by atoms with van der Waals surface area (Å²) in [5.74, 6) is 7.21. The third-order valence-electron chi connectivity index (χ3n) is 6.30. The average Bonchev–Trinajstić information content (AvgIpc) is 3.24. The number of amides is 1. The van der Waals surface area contributed by atoms with E-state index in [0.29, 0.717) is 16.7 Å². The van der Waals surface area contributed by atoms with Crippen molar-refractivity contribution in [2.75, 3.05) is 37.8 Å². The molecule has 1 aliphatic rings. The predicted molar refractivity (Wildman–Crippen MR) is 137 cm³/mol. The van der Waals surface area contributed by atoms with E-state index in [0.717, 1.165) is 38.3 Å². The van der Waals surface area contributed by atoms with E-state index >= 15 is 0 Å². The van der Waals surface area contributed by atoms with Crippen molar-refractivity contribution in [2.24, 2.45) is 0 Å². The Morgan fingerprint density at radius 3 is 2.47 bits per heavy atom. The molecule has 2 N–H and O–H groups in total. The smallest absolute Gasteiger partial charge is 0.233 e. The largest absolute Gasteiger partial charge is 0.339 e. The highest BCUT2D eigenvalue weighted by Gasteiger charge is 2.22. The van der Waals surface area contributed by atoms with Crippen LogP contribution in [-0.4, -0.2) is 62.5 Å². The Labute approximate surface area is 203 Å². The first-order valence-electron chi connectivity index (χ1n) is 11.5. The van der Waals surface area contributed by atoms with Gasteiger partial charge in [0.15, 0.2) is 5.82 Å². The van der Waals surface area contributed by atoms with Crippen molar-refractivity contribution in [1.29, 1.82) is 0 Å². The van der Waals surface area contributed by atoms with E-state index in [1.165, 1.54) is 38.3 Å². The van der Waals surface area contributed by atoms with Crippen molar-refractivity contribution in [1.82, 2.24) is 24.7 Å². The Morgan fingerprint density at radius 2 is 1.68 bits per heavy atom. The van der Waals surface area contributed by atoms with Crippen molar-refractivity contribution in [3.63, 3.8) is 0 Å². The molecular formula is C26H28N6OS. The molecule has 0 aliphatic carbocycles. The summed E-state index contributed by atoms with van der Waals surface area (Å²) in [7, 11) is 0. The van der Waals surface area contributed by atoms with Gasteiger partial charge >= 0.3 is 0 Å². The van der Waals surface area contributed by atoms with Gasteiger partial charge in [-0.15, -0.1) is 10.2 Å². The van der Waals surface area contributed by atoms with Crippen LogP contribution in [0.3, 0.4) is 0 Å². The molecule has 1 saturated heterocycles. The van der Waals surface area contributed by atoms with Gasteiger partial charge in [-0.25, -0.2) is 4.68 Å². The summed E-state index contributed by atoms with van der Waals surface area (Å²) in [6.45, 7) is 6.13. The number of carbonyl (C=O) groups is 1. The maximum atomic E-state index is 12.8. The zero-order chi connectivity index (χ0) is 23.5. The van der Waals surface area contributed by atoms with Crippen LogP contribution in [0.25, 0.3) is 22.2 Å². The monoisotopic (exact) mass is 472 g/mol. The zero-order valence-corrected chi connectivity index (χ0v) is 20.0. The van der Waals surface area contributed by atoms with Crippen LogP contribution in [0.15, 0.2) is 71.9 Å². The molecule has 0 saturated carbocycles. The fourth-order valence-electron chi connectivity index (χ4n) is 4.32. The molecule has 0 atom stereocenters. The number of nitrogen functional groups attached to an aromatic ring is 1. The van der Waals surface area contributed by atoms with E-state index < -0.39 is 0 Å². The second-order valence-corrected chi connectivity index (χ2v) is 9.57. The zero-order valence-electron chi connectivity index (χ0n) is 19.2. The molecule has 1 aromatic heterocycles. The summed E-state index contributed by atoms with van der Waals surface area (Å²) in [6, 6.07) is 22.9. The maximum absolute atomic E-state index is 12.8. The third kappa shape index (κ3) is 4.78. The molecule has 0 bridgehead atoms. The van der Waals surface area contributed by atoms with E-state index in [1.807, 2.05) is 36.1 Å². The van der Waals surface area contributed by atoms with E-state index in [4.69, 9.17) is 5.84 Å². The highest BCUT2D eigenvalue weighted by molar-refractivity contribution is 7.99. The molecule has 34 heavy (non-hydrogen) atoms. The predicted octanol–water partition coefficient (Wildman–Crippen LogP) is 3.56. The molecule has 174 valence electrons. The number of thioether (sulfide) groups is 1. The van der Waals surface area contributed by atoms with Crippen LogP contribution in [0.1, 0.15) is 11.1 Å². The number of nitrogens with two attached hydrogens (primary N) is 1. The summed E-state index contributed by atoms with van der Waals surface area (Å²) in [5.41, 5.74) is 3.41. The topological polar surface area (TPSA) is 80.3 Å². The molecular weight excluding hydrogens is 444 g/mol. The van der Waals surface area contributed by atoms with Gasteiger partial charge < -0.3 is 10.7 Å². The van der Waals surface area contributed by atoms with Gasteiger partial charge in [0.25, 0.3) is 0 Å². The van der Waals surface area contributed by atoms with Gasteiger partial charge in [0.05, 0.1) is 5.75 Å². The van der Waals surface area contributed by atoms with Crippen LogP contribution in [0.4, 0.5) is 0 Å². The van der Waals surface area contributed by atoms with Crippen LogP contribution in [0, 0.1) is 6.92 Å². The standard InChI is InChI=1S/C26H28N6OS/c1-19-9-11-21(12-10-19)25-28-29-26(32(25)27)34-18-24(33)31-15-13-30(14-16-31)17-22-7-4-6-20-5-2-3-8-23(20)22/h2-12H,13-18,27H2,1H3. The van der Waals surface area contributed by atoms with Crippen LogP contribution < -0.4 is 5.84 Å². The molecule has 2 heterocycles. The fraction of sp³-hybridized carbons (Fsp3) is 0.269. The first-order chi connectivity index (χ1) is 16.6. The number of aryl methyl sites for hydroxylation is 1. The molecule has 1 amide bonds. The number of hydrogen-bond donors (Lipinski definition) is 1. The van der Waals surface area contributed by atoms with Gasteiger partial charge in [0, 0.05) is 38.3 Å². The van der Waals surface area contributed by atoms with Crippen LogP contribution in [0.5, 0.6) is 0 Å². The van der Waals surface area contributed by atoms with Gasteiger partial charge in [-0.05, 0) is 23.3 Å². The Kier molecular flexibility index (Phi) is 6.51. The number of rotatable bonds is 6. The van der Waals surface area contributed by atoms with Crippen molar-refractivity contribution >= 4 is 28.4 Å². The first kappa shape index (κ1) is 22.4. The molecule has 3 aromatic carbocycles. The Balaban J connectivity index is 1.14. The minimum atomic E-state index is 0.106. The van der Waals surface area contributed by atoms with Crippen LogP contribution in [-0.2, 0) is 11.3 Å². The van der Waals surface area contributed by atoms with Gasteiger partial charge in [-0.3, -0.25) is 9.69 Å². The van der Waals surface area contributed by atoms with Crippen LogP contribution >= 0.6 is 11.8 Å². The van der Waals surface area contributed by atoms with E-state index in [2.05, 4.69) is 57.6 Å². The lowest BCUT2D eigenvalue weighted by molar-refractivity contribution is -0.130. The van der Waals surface area contributed by atoms with E-state index in [-0.39, 0.29) is 5.91 Å². The highest BCUT2D eigenvalue weighted by atomic mass is 32.2. The first-order valence-corrected chi connectivity index (χ1v) is 12.4. The fourth-order valence-corrected chi connectivity index (χ4v) is 5.08. The number of fused-ring (bicyclic) bond motifs is 1. The minimum Gasteiger partial charge on any atom is -0.339 e. The van der Waals surface area contributed by atoms with E-state index in [9.17, 15) is 4.79 Å². The molecule has 8 heteroatoms. The maximum Gasteiger partial charge on any atom is 0.233 e. The molecule has 1 aliphatic heterocycles. The number of piperazine rings is 1. The number of aromatic nitrogens is 3. The van der Waals surface area contributed by atoms with E-state index in [1.54, 1.807) is 0 Å². The number of benzene rings is 3. The number of carbonyl (C=O) groups excluding carboxylic acids is 1. The summed E-state index contributed by atoms with van der Waals surface area (Å²) < 4.78 is 1.46. The van der Waals surface area contributed by atoms with Crippen molar-refractivity contribution in [2.45, 2.75) is 18.6 Å². The second-order valence-electron chi connectivity index (χ2n) is 8.63. The third-order valence-corrected chi connectivity index (χ3v) is 7.23. The summed E-state index contributed by atoms with van der Waals surface area (Å²) in [5, 5.41) is 11.5. The molecule has 1 fully saturated rings. The van der Waals surface area contributed by atoms with Gasteiger partial charge in [-0.1, -0.05) is 84.1 Å². The number of hydrogen-bond acceptors (Lipinski definition) is 6. The summed E-state index contributed by atoms with van der Waals surface area (Å²) in [6.07, 6.45) is 0. The lowest BCUT2D eigenvalue weighted by Gasteiger charge is -2.35. The minimum absolute atomic E-state index is 0.106. The molecule has 0 radical (unpaired) electrons. The lowest BCUT2D eigenvalue weighted by Crippen LogP contribution is -2.48. The van der Waals surface area contributed by atoms with Gasteiger partial charge in [0.2, 0.25) is 11.1 Å². The Bertz CT molecular complexity index is 1290. The van der Waals surface area contributed by atoms with Crippen molar-refractivity contribution in [3.05, 3.63) is 77.9 Å². The van der Waals surface area contributed by atoms with Crippen molar-refractivity contribution in [3.8, 4) is 11.4 Å². The average molecular weight is 473 g/mol. The van der Waals surface area contributed by atoms with Gasteiger partial charge in [0.1, 0.15) is 0 Å². The summed E-state index contributed by atoms with van der Waals surface area (Å²) in [4.78, 5) is 17.2. The Hall–Kier alpha value is -3.36. The lowest BCUT2D eigenvalue weighted by atomic mass is 10.0. The normalized spacial score (nSPS) is 14.6. The SMILES string of the molecule is Cc1ccc(-c2nnc(SCC(=O)N3CCN(Cc4cccc5ccccc45)CC3)n2N)cc1. The molecule has 5 rings (SSSR count). The molecule has 0 unspecified atom stereocenters. The number of nitrogens with zero attached hydrogens (tertiary/aromatic N) is 5. The quantitative estimate of drug-likeness (QED) is 0.341. The van der Waals surface area contributed by atoms with Crippen molar-refractivity contribution < 1.29 is 4.79 Å². The molecule has 0 spiro atoms. The Morgan fingerprint density at radius 1 is 0.941 bits per heavy atom.